The minimum Gasteiger partial charge on any atom is -0.493 e. The molecule has 9 nitrogen and oxygen atoms in total. The molecule has 10 heteroatoms. The van der Waals surface area contributed by atoms with Gasteiger partial charge in [0.1, 0.15) is 17.3 Å². The monoisotopic (exact) mass is 625 g/mol. The quantitative estimate of drug-likeness (QED) is 0.198. The zero-order valence-corrected chi connectivity index (χ0v) is 26.1. The van der Waals surface area contributed by atoms with E-state index in [2.05, 4.69) is 9.88 Å². The molecule has 1 aliphatic carbocycles. The molecule has 0 spiro atoms. The number of Topliss-reactive ketones (excluding diaryl/α,β-unsaturated/α-hetero) is 2. The Morgan fingerprint density at radius 1 is 0.891 bits per heavy atom. The van der Waals surface area contributed by atoms with Crippen LogP contribution in [0.25, 0.3) is 10.9 Å². The molecule has 0 unspecified atom stereocenters. The Morgan fingerprint density at radius 3 is 2.15 bits per heavy atom. The zero-order chi connectivity index (χ0) is 32.4. The van der Waals surface area contributed by atoms with Crippen molar-refractivity contribution in [3.8, 4) is 23.0 Å². The molecule has 6 rings (SSSR count). The summed E-state index contributed by atoms with van der Waals surface area (Å²) in [6.07, 6.45) is 2.51. The second-order valence-electron chi connectivity index (χ2n) is 12.2. The van der Waals surface area contributed by atoms with Crippen molar-refractivity contribution in [2.24, 2.45) is 5.41 Å². The normalized spacial score (nSPS) is 17.4. The van der Waals surface area contributed by atoms with Crippen LogP contribution in [0.2, 0.25) is 0 Å². The summed E-state index contributed by atoms with van der Waals surface area (Å²) in [5.41, 5.74) is 1.12. The molecule has 4 aromatic rings. The highest BCUT2D eigenvalue weighted by Crippen LogP contribution is 2.49. The fourth-order valence-electron chi connectivity index (χ4n) is 5.97. The number of benzene rings is 3. The largest absolute Gasteiger partial charge is 0.493 e. The fraction of sp³-hybridized carbons (Fsp3) is 0.333. The third kappa shape index (κ3) is 6.57. The van der Waals surface area contributed by atoms with Crippen LogP contribution < -0.4 is 14.2 Å². The number of likely N-dealkylation sites (N-methyl/N-ethyl adjacent to an activating group) is 1. The lowest BCUT2D eigenvalue weighted by Crippen LogP contribution is -2.53. The summed E-state index contributed by atoms with van der Waals surface area (Å²) in [7, 11) is 3.54. The van der Waals surface area contributed by atoms with Crippen LogP contribution in [0.3, 0.4) is 0 Å². The molecule has 1 aliphatic heterocycles. The van der Waals surface area contributed by atoms with E-state index in [1.807, 2.05) is 26.1 Å². The maximum Gasteiger partial charge on any atom is 0.415 e. The van der Waals surface area contributed by atoms with Crippen LogP contribution in [0.4, 0.5) is 9.18 Å². The molecule has 1 aromatic heterocycles. The number of methoxy groups -OCH3 is 1. The van der Waals surface area contributed by atoms with Crippen molar-refractivity contribution >= 4 is 28.6 Å². The number of amides is 1. The number of hydrogen-bond acceptors (Lipinski definition) is 8. The molecule has 2 fully saturated rings. The molecule has 1 atom stereocenters. The van der Waals surface area contributed by atoms with Crippen LogP contribution in [0, 0.1) is 11.2 Å². The van der Waals surface area contributed by atoms with Gasteiger partial charge in [-0.3, -0.25) is 14.6 Å². The van der Waals surface area contributed by atoms with Gasteiger partial charge in [0.25, 0.3) is 0 Å². The van der Waals surface area contributed by atoms with Crippen LogP contribution in [0.1, 0.15) is 30.9 Å². The average molecular weight is 626 g/mol. The molecule has 0 radical (unpaired) electrons. The first-order chi connectivity index (χ1) is 22.1. The molecule has 2 heterocycles. The number of rotatable bonds is 10. The Kier molecular flexibility index (Phi) is 8.73. The lowest BCUT2D eigenvalue weighted by Gasteiger charge is -2.37. The lowest BCUT2D eigenvalue weighted by atomic mass is 9.88. The van der Waals surface area contributed by atoms with Crippen molar-refractivity contribution in [1.82, 2.24) is 14.8 Å². The van der Waals surface area contributed by atoms with Crippen molar-refractivity contribution in [2.75, 3.05) is 33.8 Å². The number of hydrogen-bond donors (Lipinski definition) is 0. The third-order valence-corrected chi connectivity index (χ3v) is 8.86. The topological polar surface area (TPSA) is 98.3 Å². The van der Waals surface area contributed by atoms with E-state index in [0.717, 1.165) is 18.7 Å². The first kappa shape index (κ1) is 31.2. The molecular formula is C36H36FN3O6. The maximum atomic E-state index is 13.3. The van der Waals surface area contributed by atoms with E-state index in [1.165, 1.54) is 19.2 Å². The summed E-state index contributed by atoms with van der Waals surface area (Å²) < 4.78 is 30.8. The Hall–Kier alpha value is -4.83. The molecule has 1 amide bonds. The number of fused-ring (bicyclic) bond motifs is 1. The minimum absolute atomic E-state index is 0.00764. The van der Waals surface area contributed by atoms with E-state index >= 15 is 0 Å². The fourth-order valence-corrected chi connectivity index (χ4v) is 5.97. The highest BCUT2D eigenvalue weighted by molar-refractivity contribution is 6.11. The number of ether oxygens (including phenoxy) is 3. The predicted molar refractivity (Wildman–Crippen MR) is 170 cm³/mol. The van der Waals surface area contributed by atoms with E-state index in [-0.39, 0.29) is 42.0 Å². The second-order valence-corrected chi connectivity index (χ2v) is 12.2. The van der Waals surface area contributed by atoms with Crippen LogP contribution in [-0.2, 0) is 22.4 Å². The molecule has 46 heavy (non-hydrogen) atoms. The minimum atomic E-state index is -0.954. The van der Waals surface area contributed by atoms with Crippen LogP contribution in [0.15, 0.2) is 72.9 Å². The van der Waals surface area contributed by atoms with E-state index in [9.17, 15) is 18.8 Å². The van der Waals surface area contributed by atoms with E-state index < -0.39 is 11.5 Å². The summed E-state index contributed by atoms with van der Waals surface area (Å²) in [5, 5.41) is 0.632. The van der Waals surface area contributed by atoms with Gasteiger partial charge in [-0.2, -0.15) is 0 Å². The van der Waals surface area contributed by atoms with Crippen molar-refractivity contribution < 1.29 is 33.0 Å². The first-order valence-corrected chi connectivity index (χ1v) is 15.4. The van der Waals surface area contributed by atoms with Gasteiger partial charge in [0, 0.05) is 56.2 Å². The third-order valence-electron chi connectivity index (χ3n) is 8.86. The Balaban J connectivity index is 1.14. The van der Waals surface area contributed by atoms with E-state index in [4.69, 9.17) is 14.2 Å². The van der Waals surface area contributed by atoms with Gasteiger partial charge in [0.15, 0.2) is 23.1 Å². The van der Waals surface area contributed by atoms with Gasteiger partial charge in [-0.1, -0.05) is 24.3 Å². The predicted octanol–water partition coefficient (Wildman–Crippen LogP) is 6.01. The summed E-state index contributed by atoms with van der Waals surface area (Å²) >= 11 is 0. The van der Waals surface area contributed by atoms with Crippen molar-refractivity contribution in [3.63, 3.8) is 0 Å². The molecule has 0 N–H and O–H groups in total. The molecule has 1 saturated carbocycles. The van der Waals surface area contributed by atoms with Gasteiger partial charge in [0.2, 0.25) is 0 Å². The number of carbonyl (C=O) groups is 3. The Labute approximate surface area is 266 Å². The van der Waals surface area contributed by atoms with Gasteiger partial charge in [-0.15, -0.1) is 0 Å². The summed E-state index contributed by atoms with van der Waals surface area (Å²) in [6, 6.07) is 18.1. The average Bonchev–Trinajstić information content (AvgIpc) is 3.86. The molecule has 3 aromatic carbocycles. The van der Waals surface area contributed by atoms with Gasteiger partial charge in [-0.25, -0.2) is 9.18 Å². The Morgan fingerprint density at radius 2 is 1.54 bits per heavy atom. The molecule has 238 valence electrons. The highest BCUT2D eigenvalue weighted by Gasteiger charge is 2.54. The summed E-state index contributed by atoms with van der Waals surface area (Å²) in [5.74, 6) is 1.11. The van der Waals surface area contributed by atoms with E-state index in [0.29, 0.717) is 53.1 Å². The summed E-state index contributed by atoms with van der Waals surface area (Å²) in [4.78, 5) is 47.7. The lowest BCUT2D eigenvalue weighted by molar-refractivity contribution is -0.133. The number of pyridine rings is 1. The first-order valence-electron chi connectivity index (χ1n) is 15.4. The molecular weight excluding hydrogens is 589 g/mol. The number of ketones is 2. The number of piperazine rings is 1. The second kappa shape index (κ2) is 12.9. The smallest absolute Gasteiger partial charge is 0.415 e. The summed E-state index contributed by atoms with van der Waals surface area (Å²) in [6.45, 7) is 4.08. The van der Waals surface area contributed by atoms with Gasteiger partial charge < -0.3 is 24.0 Å². The standard InChI is InChI=1S/C36H36FN3O6/c1-23-22-39(2)16-17-40(23)35(43)46-32-20-28-29(21-31(32)44-3)38-15-12-30(28)45-27-10-6-25(7-11-27)19-34(42)36(13-14-36)33(41)18-24-4-8-26(37)9-5-24/h4-12,15,20-21,23H,13-14,16-19,22H2,1-3H3/t23-/m1/s1. The van der Waals surface area contributed by atoms with Crippen LogP contribution in [-0.4, -0.2) is 72.3 Å². The molecule has 2 aliphatic rings. The number of carbonyl (C=O) groups excluding carboxylic acids is 3. The van der Waals surface area contributed by atoms with Gasteiger partial charge in [-0.05, 0) is 74.3 Å². The van der Waals surface area contributed by atoms with Gasteiger partial charge in [0.05, 0.1) is 18.0 Å². The van der Waals surface area contributed by atoms with Gasteiger partial charge >= 0.3 is 6.09 Å². The number of aromatic nitrogens is 1. The van der Waals surface area contributed by atoms with Crippen LogP contribution in [0.5, 0.6) is 23.0 Å². The maximum absolute atomic E-state index is 13.3. The molecule has 1 saturated heterocycles. The van der Waals surface area contributed by atoms with Crippen molar-refractivity contribution in [3.05, 3.63) is 89.9 Å². The van der Waals surface area contributed by atoms with Crippen molar-refractivity contribution in [1.29, 1.82) is 0 Å². The van der Waals surface area contributed by atoms with E-state index in [1.54, 1.807) is 53.6 Å². The number of halogens is 1. The number of nitrogens with zero attached hydrogens (tertiary/aromatic N) is 3. The van der Waals surface area contributed by atoms with Crippen LogP contribution >= 0.6 is 0 Å². The zero-order valence-electron chi connectivity index (χ0n) is 26.1. The Bertz CT molecular complexity index is 1770. The molecule has 0 bridgehead atoms. The SMILES string of the molecule is COc1cc2nccc(Oc3ccc(CC(=O)C4(C(=O)Cc5ccc(F)cc5)CC4)cc3)c2cc1OC(=O)N1CCN(C)C[C@H]1C. The highest BCUT2D eigenvalue weighted by atomic mass is 19.1. The van der Waals surface area contributed by atoms with Crippen molar-refractivity contribution in [2.45, 2.75) is 38.6 Å².